The fourth-order valence-corrected chi connectivity index (χ4v) is 1.19. The monoisotopic (exact) mass is 184 g/mol. The maximum Gasteiger partial charge on any atom is 0.127 e. The maximum atomic E-state index is 10.6. The van der Waals surface area contributed by atoms with Gasteiger partial charge >= 0.3 is 0 Å². The molecule has 0 aliphatic rings. The number of nitriles is 2. The molecule has 0 saturated heterocycles. The summed E-state index contributed by atoms with van der Waals surface area (Å²) in [5.74, 6) is -0.308. The Bertz CT molecular complexity index is 438. The van der Waals surface area contributed by atoms with Crippen LogP contribution in [0.15, 0.2) is 18.2 Å². The van der Waals surface area contributed by atoms with E-state index in [1.807, 2.05) is 12.1 Å². The van der Waals surface area contributed by atoms with Crippen molar-refractivity contribution in [3.63, 3.8) is 0 Å². The van der Waals surface area contributed by atoms with E-state index in [2.05, 4.69) is 0 Å². The molecule has 3 nitrogen and oxygen atoms in total. The molecule has 1 aromatic carbocycles. The van der Waals surface area contributed by atoms with Gasteiger partial charge in [-0.05, 0) is 17.7 Å². The van der Waals surface area contributed by atoms with Crippen LogP contribution < -0.4 is 0 Å². The smallest absolute Gasteiger partial charge is 0.127 e. The summed E-state index contributed by atoms with van der Waals surface area (Å²) in [5.41, 5.74) is 1.49. The molecule has 14 heavy (non-hydrogen) atoms. The first kappa shape index (κ1) is 9.95. The number of rotatable bonds is 2. The molecule has 0 saturated carbocycles. The van der Waals surface area contributed by atoms with E-state index in [0.717, 1.165) is 6.29 Å². The van der Waals surface area contributed by atoms with Gasteiger partial charge in [-0.2, -0.15) is 10.5 Å². The van der Waals surface area contributed by atoms with Crippen LogP contribution in [-0.2, 0) is 4.79 Å². The fraction of sp³-hybridized carbons (Fsp3) is 0.182. The Hall–Kier alpha value is -2.13. The highest BCUT2D eigenvalue weighted by Crippen LogP contribution is 2.18. The van der Waals surface area contributed by atoms with Gasteiger partial charge in [0.2, 0.25) is 0 Å². The Morgan fingerprint density at radius 3 is 2.57 bits per heavy atom. The van der Waals surface area contributed by atoms with E-state index in [0.29, 0.717) is 16.7 Å². The second-order valence-electron chi connectivity index (χ2n) is 2.95. The van der Waals surface area contributed by atoms with E-state index >= 15 is 0 Å². The predicted molar refractivity (Wildman–Crippen MR) is 50.4 cm³/mol. The third kappa shape index (κ3) is 1.78. The number of benzene rings is 1. The van der Waals surface area contributed by atoms with E-state index < -0.39 is 0 Å². The average molecular weight is 184 g/mol. The van der Waals surface area contributed by atoms with Crippen LogP contribution in [-0.4, -0.2) is 6.29 Å². The first-order valence-electron chi connectivity index (χ1n) is 4.12. The van der Waals surface area contributed by atoms with Gasteiger partial charge in [-0.1, -0.05) is 13.0 Å². The van der Waals surface area contributed by atoms with Gasteiger partial charge in [-0.25, -0.2) is 0 Å². The molecule has 0 aromatic heterocycles. The zero-order chi connectivity index (χ0) is 10.6. The minimum absolute atomic E-state index is 0.308. The third-order valence-corrected chi connectivity index (χ3v) is 2.00. The highest BCUT2D eigenvalue weighted by molar-refractivity contribution is 5.64. The molecule has 1 rings (SSSR count). The molecule has 0 fully saturated rings. The van der Waals surface area contributed by atoms with E-state index in [-0.39, 0.29) is 5.92 Å². The number of carbonyl (C=O) groups is 1. The first-order chi connectivity index (χ1) is 6.72. The SMILES string of the molecule is CC(C=O)c1ccc(C#N)cc1C#N. The summed E-state index contributed by atoms with van der Waals surface area (Å²) < 4.78 is 0. The number of hydrogen-bond acceptors (Lipinski definition) is 3. The standard InChI is InChI=1S/C11H8N2O/c1-8(7-14)11-3-2-9(5-12)4-10(11)6-13/h2-4,7-8H,1H3. The lowest BCUT2D eigenvalue weighted by Crippen LogP contribution is -1.98. The van der Waals surface area contributed by atoms with Crippen molar-refractivity contribution >= 4 is 6.29 Å². The second kappa shape index (κ2) is 4.20. The normalized spacial score (nSPS) is 11.1. The lowest BCUT2D eigenvalue weighted by atomic mass is 9.96. The molecule has 1 atom stereocenters. The zero-order valence-corrected chi connectivity index (χ0v) is 7.69. The summed E-state index contributed by atoms with van der Waals surface area (Å²) in [4.78, 5) is 10.6. The molecular formula is C11H8N2O. The van der Waals surface area contributed by atoms with Gasteiger partial charge in [-0.15, -0.1) is 0 Å². The van der Waals surface area contributed by atoms with E-state index in [4.69, 9.17) is 10.5 Å². The fourth-order valence-electron chi connectivity index (χ4n) is 1.19. The number of aldehydes is 1. The van der Waals surface area contributed by atoms with Gasteiger partial charge in [0, 0.05) is 5.92 Å². The largest absolute Gasteiger partial charge is 0.303 e. The molecule has 0 amide bonds. The van der Waals surface area contributed by atoms with E-state index in [1.54, 1.807) is 19.1 Å². The van der Waals surface area contributed by atoms with Crippen LogP contribution in [0.2, 0.25) is 0 Å². The van der Waals surface area contributed by atoms with Gasteiger partial charge < -0.3 is 4.79 Å². The number of hydrogen-bond donors (Lipinski definition) is 0. The Kier molecular flexibility index (Phi) is 2.99. The quantitative estimate of drug-likeness (QED) is 0.657. The summed E-state index contributed by atoms with van der Waals surface area (Å²) in [6.07, 6.45) is 0.780. The van der Waals surface area contributed by atoms with Crippen molar-refractivity contribution in [3.8, 4) is 12.1 Å². The van der Waals surface area contributed by atoms with Gasteiger partial charge in [0.15, 0.2) is 0 Å². The molecule has 0 aliphatic heterocycles. The van der Waals surface area contributed by atoms with Crippen LogP contribution in [0.1, 0.15) is 29.5 Å². The Morgan fingerprint density at radius 1 is 1.36 bits per heavy atom. The Labute approximate surface area is 82.2 Å². The molecule has 0 heterocycles. The van der Waals surface area contributed by atoms with Crippen molar-refractivity contribution in [2.75, 3.05) is 0 Å². The molecule has 68 valence electrons. The van der Waals surface area contributed by atoms with Crippen LogP contribution in [0.5, 0.6) is 0 Å². The van der Waals surface area contributed by atoms with E-state index in [1.165, 1.54) is 6.07 Å². The van der Waals surface area contributed by atoms with Crippen molar-refractivity contribution in [1.82, 2.24) is 0 Å². The van der Waals surface area contributed by atoms with Crippen molar-refractivity contribution in [2.24, 2.45) is 0 Å². The van der Waals surface area contributed by atoms with Crippen LogP contribution in [0, 0.1) is 22.7 Å². The molecule has 0 bridgehead atoms. The lowest BCUT2D eigenvalue weighted by molar-refractivity contribution is -0.108. The molecule has 0 spiro atoms. The van der Waals surface area contributed by atoms with Crippen molar-refractivity contribution in [3.05, 3.63) is 34.9 Å². The van der Waals surface area contributed by atoms with E-state index in [9.17, 15) is 4.79 Å². The second-order valence-corrected chi connectivity index (χ2v) is 2.95. The molecule has 1 unspecified atom stereocenters. The van der Waals surface area contributed by atoms with Crippen molar-refractivity contribution < 1.29 is 4.79 Å². The van der Waals surface area contributed by atoms with Crippen molar-refractivity contribution in [1.29, 1.82) is 10.5 Å². The highest BCUT2D eigenvalue weighted by atomic mass is 16.1. The van der Waals surface area contributed by atoms with Crippen LogP contribution >= 0.6 is 0 Å². The van der Waals surface area contributed by atoms with Gasteiger partial charge in [0.25, 0.3) is 0 Å². The Morgan fingerprint density at radius 2 is 2.07 bits per heavy atom. The lowest BCUT2D eigenvalue weighted by Gasteiger charge is -2.05. The number of carbonyl (C=O) groups excluding carboxylic acids is 1. The van der Waals surface area contributed by atoms with Crippen molar-refractivity contribution in [2.45, 2.75) is 12.8 Å². The highest BCUT2D eigenvalue weighted by Gasteiger charge is 2.09. The summed E-state index contributed by atoms with van der Waals surface area (Å²) in [6.45, 7) is 1.72. The average Bonchev–Trinajstić information content (AvgIpc) is 2.27. The Balaban J connectivity index is 3.28. The predicted octanol–water partition coefficient (Wildman–Crippen LogP) is 1.73. The molecule has 1 aromatic rings. The van der Waals surface area contributed by atoms with Gasteiger partial charge in [0.05, 0.1) is 23.3 Å². The first-order valence-corrected chi connectivity index (χ1v) is 4.12. The molecule has 0 aliphatic carbocycles. The van der Waals surface area contributed by atoms with Crippen LogP contribution in [0.3, 0.4) is 0 Å². The minimum Gasteiger partial charge on any atom is -0.303 e. The summed E-state index contributed by atoms with van der Waals surface area (Å²) in [7, 11) is 0. The van der Waals surface area contributed by atoms with Crippen LogP contribution in [0.25, 0.3) is 0 Å². The van der Waals surface area contributed by atoms with Gasteiger partial charge in [0.1, 0.15) is 6.29 Å². The molecular weight excluding hydrogens is 176 g/mol. The summed E-state index contributed by atoms with van der Waals surface area (Å²) in [6, 6.07) is 8.67. The molecule has 0 radical (unpaired) electrons. The third-order valence-electron chi connectivity index (χ3n) is 2.00. The summed E-state index contributed by atoms with van der Waals surface area (Å²) in [5, 5.41) is 17.4. The van der Waals surface area contributed by atoms with Crippen LogP contribution in [0.4, 0.5) is 0 Å². The van der Waals surface area contributed by atoms with Gasteiger partial charge in [-0.3, -0.25) is 0 Å². The molecule has 3 heteroatoms. The molecule has 0 N–H and O–H groups in total. The summed E-state index contributed by atoms with van der Waals surface area (Å²) >= 11 is 0. The topological polar surface area (TPSA) is 64.7 Å². The zero-order valence-electron chi connectivity index (χ0n) is 7.69. The number of nitrogens with zero attached hydrogens (tertiary/aromatic N) is 2. The maximum absolute atomic E-state index is 10.6. The minimum atomic E-state index is -0.308.